The zero-order valence-corrected chi connectivity index (χ0v) is 8.07. The highest BCUT2D eigenvalue weighted by Crippen LogP contribution is 2.31. The van der Waals surface area contributed by atoms with Crippen molar-refractivity contribution in [2.75, 3.05) is 0 Å². The van der Waals surface area contributed by atoms with Gasteiger partial charge >= 0.3 is 0 Å². The van der Waals surface area contributed by atoms with Crippen LogP contribution in [-0.4, -0.2) is 0 Å². The number of allylic oxidation sites excluding steroid dienone is 1. The van der Waals surface area contributed by atoms with E-state index in [1.165, 1.54) is 22.3 Å². The Morgan fingerprint density at radius 2 is 2.08 bits per heavy atom. The number of rotatable bonds is 0. The number of fused-ring (bicyclic) bond motifs is 1. The van der Waals surface area contributed by atoms with E-state index in [0.717, 1.165) is 11.4 Å². The molecule has 12 heavy (non-hydrogen) atoms. The summed E-state index contributed by atoms with van der Waals surface area (Å²) in [6.07, 6.45) is 5.34. The van der Waals surface area contributed by atoms with Gasteiger partial charge in [0.05, 0.1) is 0 Å². The van der Waals surface area contributed by atoms with E-state index in [2.05, 4.69) is 32.1 Å². The molecule has 0 N–H and O–H groups in total. The topological polar surface area (TPSA) is 0 Å². The maximum Gasteiger partial charge on any atom is 0.0449 e. The Kier molecular flexibility index (Phi) is 1.73. The number of hydrogen-bond donors (Lipinski definition) is 0. The van der Waals surface area contributed by atoms with Gasteiger partial charge in [0.1, 0.15) is 0 Å². The summed E-state index contributed by atoms with van der Waals surface area (Å²) in [4.78, 5) is 0. The highest BCUT2D eigenvalue weighted by Gasteiger charge is 2.12. The molecule has 1 aromatic rings. The third-order valence-electron chi connectivity index (χ3n) is 2.56. The summed E-state index contributed by atoms with van der Waals surface area (Å²) in [6, 6.07) is 2.06. The van der Waals surface area contributed by atoms with Gasteiger partial charge < -0.3 is 0 Å². The first-order valence-corrected chi connectivity index (χ1v) is 4.53. The molecule has 0 bridgehead atoms. The molecule has 0 radical (unpaired) electrons. The van der Waals surface area contributed by atoms with Crippen LogP contribution < -0.4 is 0 Å². The molecular formula is C11H11Cl. The lowest BCUT2D eigenvalue weighted by molar-refractivity contribution is 1.24. The summed E-state index contributed by atoms with van der Waals surface area (Å²) in [5.74, 6) is 0. The molecule has 1 aliphatic rings. The van der Waals surface area contributed by atoms with Crippen molar-refractivity contribution < 1.29 is 0 Å². The van der Waals surface area contributed by atoms with Crippen LogP contribution in [0, 0.1) is 13.8 Å². The van der Waals surface area contributed by atoms with E-state index in [-0.39, 0.29) is 0 Å². The van der Waals surface area contributed by atoms with Crippen molar-refractivity contribution in [1.82, 2.24) is 0 Å². The van der Waals surface area contributed by atoms with Gasteiger partial charge in [-0.25, -0.2) is 0 Å². The Morgan fingerprint density at radius 3 is 2.83 bits per heavy atom. The summed E-state index contributed by atoms with van der Waals surface area (Å²) in [7, 11) is 0. The molecule has 0 atom stereocenters. The summed E-state index contributed by atoms with van der Waals surface area (Å²) in [5, 5.41) is 0.915. The molecule has 62 valence electrons. The minimum absolute atomic E-state index is 0.915. The van der Waals surface area contributed by atoms with Crippen LogP contribution >= 0.6 is 11.6 Å². The number of benzene rings is 1. The molecule has 1 heteroatoms. The van der Waals surface area contributed by atoms with Gasteiger partial charge in [-0.05, 0) is 48.6 Å². The molecule has 0 amide bonds. The Balaban J connectivity index is 2.75. The van der Waals surface area contributed by atoms with Gasteiger partial charge in [-0.2, -0.15) is 0 Å². The van der Waals surface area contributed by atoms with Crippen LogP contribution in [-0.2, 0) is 6.42 Å². The predicted octanol–water partition coefficient (Wildman–Crippen LogP) is 3.53. The fourth-order valence-corrected chi connectivity index (χ4v) is 2.02. The minimum atomic E-state index is 0.915. The van der Waals surface area contributed by atoms with Gasteiger partial charge in [0.15, 0.2) is 0 Å². The largest absolute Gasteiger partial charge is 0.0840 e. The number of aryl methyl sites for hydroxylation is 1. The predicted molar refractivity (Wildman–Crippen MR) is 53.7 cm³/mol. The zero-order chi connectivity index (χ0) is 8.72. The standard InChI is InChI=1S/C11H11Cl/c1-7-6-11(12)10-5-3-4-9(10)8(7)2/h3-4,6H,5H2,1-2H3. The van der Waals surface area contributed by atoms with Gasteiger partial charge in [-0.3, -0.25) is 0 Å². The van der Waals surface area contributed by atoms with Crippen LogP contribution in [0.25, 0.3) is 6.08 Å². The summed E-state index contributed by atoms with van der Waals surface area (Å²) in [5.41, 5.74) is 5.27. The SMILES string of the molecule is Cc1cc(Cl)c2c(c1C)C=CC2. The van der Waals surface area contributed by atoms with E-state index >= 15 is 0 Å². The van der Waals surface area contributed by atoms with Crippen molar-refractivity contribution in [1.29, 1.82) is 0 Å². The Hall–Kier alpha value is -0.750. The summed E-state index contributed by atoms with van der Waals surface area (Å²) < 4.78 is 0. The smallest absolute Gasteiger partial charge is 0.0449 e. The number of hydrogen-bond acceptors (Lipinski definition) is 0. The molecule has 0 aliphatic heterocycles. The zero-order valence-electron chi connectivity index (χ0n) is 7.32. The summed E-state index contributed by atoms with van der Waals surface area (Å²) in [6.45, 7) is 4.26. The average molecular weight is 179 g/mol. The average Bonchev–Trinajstić information content (AvgIpc) is 2.48. The van der Waals surface area contributed by atoms with Crippen molar-refractivity contribution in [3.8, 4) is 0 Å². The molecule has 0 heterocycles. The third-order valence-corrected chi connectivity index (χ3v) is 2.90. The Labute approximate surface area is 77.9 Å². The highest BCUT2D eigenvalue weighted by atomic mass is 35.5. The summed E-state index contributed by atoms with van der Waals surface area (Å²) >= 11 is 6.11. The first-order chi connectivity index (χ1) is 5.70. The van der Waals surface area contributed by atoms with Gasteiger partial charge in [0, 0.05) is 5.02 Å². The third kappa shape index (κ3) is 0.987. The second kappa shape index (κ2) is 2.63. The molecule has 0 nitrogen and oxygen atoms in total. The second-order valence-corrected chi connectivity index (χ2v) is 3.71. The van der Waals surface area contributed by atoms with E-state index in [4.69, 9.17) is 11.6 Å². The lowest BCUT2D eigenvalue weighted by atomic mass is 10.00. The van der Waals surface area contributed by atoms with Gasteiger partial charge in [0.25, 0.3) is 0 Å². The van der Waals surface area contributed by atoms with Crippen LogP contribution in [0.15, 0.2) is 12.1 Å². The van der Waals surface area contributed by atoms with E-state index in [1.54, 1.807) is 0 Å². The van der Waals surface area contributed by atoms with Crippen LogP contribution in [0.4, 0.5) is 0 Å². The highest BCUT2D eigenvalue weighted by molar-refractivity contribution is 6.31. The molecule has 0 fully saturated rings. The molecule has 0 saturated heterocycles. The molecule has 0 unspecified atom stereocenters. The van der Waals surface area contributed by atoms with Gasteiger partial charge in [0.2, 0.25) is 0 Å². The van der Waals surface area contributed by atoms with Crippen LogP contribution in [0.1, 0.15) is 22.3 Å². The molecular weight excluding hydrogens is 168 g/mol. The van der Waals surface area contributed by atoms with Crippen LogP contribution in [0.2, 0.25) is 5.02 Å². The lowest BCUT2D eigenvalue weighted by Gasteiger charge is -2.08. The fraction of sp³-hybridized carbons (Fsp3) is 0.273. The monoisotopic (exact) mass is 178 g/mol. The molecule has 1 aromatic carbocycles. The maximum absolute atomic E-state index is 6.11. The van der Waals surface area contributed by atoms with Crippen LogP contribution in [0.5, 0.6) is 0 Å². The van der Waals surface area contributed by atoms with Crippen molar-refractivity contribution in [2.24, 2.45) is 0 Å². The van der Waals surface area contributed by atoms with Crippen LogP contribution in [0.3, 0.4) is 0 Å². The Morgan fingerprint density at radius 1 is 1.33 bits per heavy atom. The number of halogens is 1. The van der Waals surface area contributed by atoms with Gasteiger partial charge in [-0.1, -0.05) is 23.8 Å². The molecule has 0 aromatic heterocycles. The second-order valence-electron chi connectivity index (χ2n) is 3.30. The fourth-order valence-electron chi connectivity index (χ4n) is 1.68. The maximum atomic E-state index is 6.11. The molecule has 0 saturated carbocycles. The first kappa shape index (κ1) is 7.88. The normalized spacial score (nSPS) is 13.6. The van der Waals surface area contributed by atoms with E-state index < -0.39 is 0 Å². The molecule has 0 spiro atoms. The van der Waals surface area contributed by atoms with Crippen molar-refractivity contribution in [2.45, 2.75) is 20.3 Å². The minimum Gasteiger partial charge on any atom is -0.0840 e. The Bertz CT molecular complexity index is 362. The van der Waals surface area contributed by atoms with E-state index in [0.29, 0.717) is 0 Å². The lowest BCUT2D eigenvalue weighted by Crippen LogP contribution is -1.91. The van der Waals surface area contributed by atoms with Gasteiger partial charge in [-0.15, -0.1) is 0 Å². The van der Waals surface area contributed by atoms with E-state index in [1.807, 2.05) is 0 Å². The molecule has 2 rings (SSSR count). The van der Waals surface area contributed by atoms with Crippen molar-refractivity contribution >= 4 is 17.7 Å². The molecule has 1 aliphatic carbocycles. The van der Waals surface area contributed by atoms with Crippen molar-refractivity contribution in [3.63, 3.8) is 0 Å². The van der Waals surface area contributed by atoms with Crippen molar-refractivity contribution in [3.05, 3.63) is 39.4 Å². The quantitative estimate of drug-likeness (QED) is 0.570. The van der Waals surface area contributed by atoms with E-state index in [9.17, 15) is 0 Å². The first-order valence-electron chi connectivity index (χ1n) is 4.15.